The molecule has 1 aliphatic rings. The van der Waals surface area contributed by atoms with Crippen molar-refractivity contribution in [1.29, 1.82) is 0 Å². The number of hydrogen-bond acceptors (Lipinski definition) is 4. The summed E-state index contributed by atoms with van der Waals surface area (Å²) in [6.07, 6.45) is 0. The number of nitrogens with zero attached hydrogens (tertiary/aromatic N) is 1. The van der Waals surface area contributed by atoms with Gasteiger partial charge in [0, 0.05) is 19.6 Å². The van der Waals surface area contributed by atoms with E-state index in [0.717, 1.165) is 43.2 Å². The number of hydrogen-bond donors (Lipinski definition) is 2. The van der Waals surface area contributed by atoms with Crippen molar-refractivity contribution in [3.05, 3.63) is 23.8 Å². The molecular formula is C11H17N3O. The number of nitrogens with two attached hydrogens (primary N) is 2. The molecule has 15 heavy (non-hydrogen) atoms. The molecule has 4 heteroatoms. The summed E-state index contributed by atoms with van der Waals surface area (Å²) in [6, 6.07) is 6.02. The zero-order chi connectivity index (χ0) is 10.7. The van der Waals surface area contributed by atoms with Gasteiger partial charge in [-0.25, -0.2) is 0 Å². The maximum absolute atomic E-state index is 5.99. The van der Waals surface area contributed by atoms with Crippen molar-refractivity contribution in [2.45, 2.75) is 6.54 Å². The fraction of sp³-hybridized carbons (Fsp3) is 0.455. The predicted molar refractivity (Wildman–Crippen MR) is 61.8 cm³/mol. The monoisotopic (exact) mass is 207 g/mol. The summed E-state index contributed by atoms with van der Waals surface area (Å²) in [4.78, 5) is 2.25. The van der Waals surface area contributed by atoms with Gasteiger partial charge in [-0.15, -0.1) is 0 Å². The average molecular weight is 207 g/mol. The van der Waals surface area contributed by atoms with Crippen LogP contribution in [0.15, 0.2) is 18.2 Å². The first kappa shape index (κ1) is 10.3. The molecule has 0 radical (unpaired) electrons. The Kier molecular flexibility index (Phi) is 3.08. The van der Waals surface area contributed by atoms with Gasteiger partial charge in [-0.1, -0.05) is 6.07 Å². The second-order valence-corrected chi connectivity index (χ2v) is 3.70. The third kappa shape index (κ3) is 2.22. The Bertz CT molecular complexity index is 335. The second-order valence-electron chi connectivity index (χ2n) is 3.70. The number of benzene rings is 1. The van der Waals surface area contributed by atoms with E-state index >= 15 is 0 Å². The van der Waals surface area contributed by atoms with Crippen molar-refractivity contribution < 1.29 is 4.74 Å². The number of anilines is 2. The Morgan fingerprint density at radius 1 is 1.27 bits per heavy atom. The summed E-state index contributed by atoms with van der Waals surface area (Å²) in [6.45, 7) is 3.90. The van der Waals surface area contributed by atoms with Gasteiger partial charge in [0.05, 0.1) is 24.6 Å². The highest BCUT2D eigenvalue weighted by Gasteiger charge is 2.13. The van der Waals surface area contributed by atoms with Crippen LogP contribution in [0.2, 0.25) is 0 Å². The minimum absolute atomic E-state index is 0.535. The van der Waals surface area contributed by atoms with E-state index in [9.17, 15) is 0 Å². The number of ether oxygens (including phenoxy) is 1. The summed E-state index contributed by atoms with van der Waals surface area (Å²) in [5.41, 5.74) is 14.5. The van der Waals surface area contributed by atoms with Crippen molar-refractivity contribution in [3.8, 4) is 0 Å². The summed E-state index contributed by atoms with van der Waals surface area (Å²) >= 11 is 0. The van der Waals surface area contributed by atoms with Gasteiger partial charge in [0.1, 0.15) is 0 Å². The summed E-state index contributed by atoms with van der Waals surface area (Å²) in [5, 5.41) is 0. The first-order valence-electron chi connectivity index (χ1n) is 5.22. The molecule has 2 rings (SSSR count). The van der Waals surface area contributed by atoms with Gasteiger partial charge in [0.2, 0.25) is 0 Å². The summed E-state index contributed by atoms with van der Waals surface area (Å²) in [5.74, 6) is 0. The Labute approximate surface area is 89.8 Å². The third-order valence-electron chi connectivity index (χ3n) is 2.68. The lowest BCUT2D eigenvalue weighted by molar-refractivity contribution is 0.123. The van der Waals surface area contributed by atoms with Gasteiger partial charge in [-0.05, 0) is 17.7 Å². The molecule has 1 heterocycles. The van der Waals surface area contributed by atoms with E-state index < -0.39 is 0 Å². The second kappa shape index (κ2) is 4.51. The van der Waals surface area contributed by atoms with Crippen LogP contribution in [-0.4, -0.2) is 26.3 Å². The molecule has 0 saturated carbocycles. The minimum Gasteiger partial charge on any atom is -0.397 e. The highest BCUT2D eigenvalue weighted by Crippen LogP contribution is 2.24. The first-order valence-corrected chi connectivity index (χ1v) is 5.22. The summed E-state index contributed by atoms with van der Waals surface area (Å²) in [7, 11) is 0. The van der Waals surface area contributed by atoms with E-state index in [-0.39, 0.29) is 0 Å². The molecule has 0 unspecified atom stereocenters. The standard InChI is InChI=1S/C11H17N3O/c12-8-9-1-2-11(10(13)7-9)14-3-5-15-6-4-14/h1-2,7H,3-6,8,12-13H2. The lowest BCUT2D eigenvalue weighted by Gasteiger charge is -2.30. The molecule has 0 spiro atoms. The topological polar surface area (TPSA) is 64.5 Å². The SMILES string of the molecule is NCc1ccc(N2CCOCC2)c(N)c1. The van der Waals surface area contributed by atoms with Gasteiger partial charge < -0.3 is 21.1 Å². The molecular weight excluding hydrogens is 190 g/mol. The van der Waals surface area contributed by atoms with E-state index in [1.54, 1.807) is 0 Å². The van der Waals surface area contributed by atoms with Gasteiger partial charge in [0.25, 0.3) is 0 Å². The lowest BCUT2D eigenvalue weighted by atomic mass is 10.1. The molecule has 4 N–H and O–H groups in total. The fourth-order valence-electron chi connectivity index (χ4n) is 1.82. The van der Waals surface area contributed by atoms with Crippen LogP contribution in [0.3, 0.4) is 0 Å². The van der Waals surface area contributed by atoms with Gasteiger partial charge in [-0.2, -0.15) is 0 Å². The van der Waals surface area contributed by atoms with E-state index in [0.29, 0.717) is 6.54 Å². The normalized spacial score (nSPS) is 16.7. The van der Waals surface area contributed by atoms with Gasteiger partial charge in [0.15, 0.2) is 0 Å². The highest BCUT2D eigenvalue weighted by molar-refractivity contribution is 5.68. The number of nitrogen functional groups attached to an aromatic ring is 1. The quantitative estimate of drug-likeness (QED) is 0.696. The molecule has 0 amide bonds. The van der Waals surface area contributed by atoms with E-state index in [2.05, 4.69) is 4.90 Å². The molecule has 1 aliphatic heterocycles. The van der Waals surface area contributed by atoms with Crippen LogP contribution in [0.1, 0.15) is 5.56 Å². The molecule has 1 saturated heterocycles. The Balaban J connectivity index is 2.19. The molecule has 0 aromatic heterocycles. The van der Waals surface area contributed by atoms with E-state index in [1.165, 1.54) is 0 Å². The van der Waals surface area contributed by atoms with Crippen molar-refractivity contribution in [3.63, 3.8) is 0 Å². The van der Waals surface area contributed by atoms with Crippen LogP contribution in [0.4, 0.5) is 11.4 Å². The fourth-order valence-corrected chi connectivity index (χ4v) is 1.82. The van der Waals surface area contributed by atoms with E-state index in [1.807, 2.05) is 18.2 Å². The summed E-state index contributed by atoms with van der Waals surface area (Å²) < 4.78 is 5.30. The first-order chi connectivity index (χ1) is 7.31. The predicted octanol–water partition coefficient (Wildman–Crippen LogP) is 0.564. The number of morpholine rings is 1. The van der Waals surface area contributed by atoms with Crippen LogP contribution < -0.4 is 16.4 Å². The Morgan fingerprint density at radius 2 is 2.00 bits per heavy atom. The zero-order valence-corrected chi connectivity index (χ0v) is 8.78. The van der Waals surface area contributed by atoms with Crippen molar-refractivity contribution in [2.75, 3.05) is 36.9 Å². The molecule has 0 bridgehead atoms. The molecule has 0 atom stereocenters. The third-order valence-corrected chi connectivity index (χ3v) is 2.68. The maximum atomic E-state index is 5.99. The minimum atomic E-state index is 0.535. The average Bonchev–Trinajstić information content (AvgIpc) is 2.30. The smallest absolute Gasteiger partial charge is 0.0642 e. The molecule has 1 aromatic rings. The lowest BCUT2D eigenvalue weighted by Crippen LogP contribution is -2.36. The van der Waals surface area contributed by atoms with Gasteiger partial charge in [-0.3, -0.25) is 0 Å². The number of rotatable bonds is 2. The van der Waals surface area contributed by atoms with Crippen LogP contribution in [-0.2, 0) is 11.3 Å². The zero-order valence-electron chi connectivity index (χ0n) is 8.78. The van der Waals surface area contributed by atoms with Crippen molar-refractivity contribution in [1.82, 2.24) is 0 Å². The van der Waals surface area contributed by atoms with E-state index in [4.69, 9.17) is 16.2 Å². The Hall–Kier alpha value is -1.26. The largest absolute Gasteiger partial charge is 0.397 e. The van der Waals surface area contributed by atoms with Crippen LogP contribution in [0.25, 0.3) is 0 Å². The maximum Gasteiger partial charge on any atom is 0.0642 e. The van der Waals surface area contributed by atoms with Gasteiger partial charge >= 0.3 is 0 Å². The molecule has 1 fully saturated rings. The van der Waals surface area contributed by atoms with Crippen LogP contribution >= 0.6 is 0 Å². The van der Waals surface area contributed by atoms with Crippen molar-refractivity contribution >= 4 is 11.4 Å². The molecule has 82 valence electrons. The molecule has 1 aromatic carbocycles. The van der Waals surface area contributed by atoms with Crippen LogP contribution in [0.5, 0.6) is 0 Å². The van der Waals surface area contributed by atoms with Crippen LogP contribution in [0, 0.1) is 0 Å². The highest BCUT2D eigenvalue weighted by atomic mass is 16.5. The molecule has 4 nitrogen and oxygen atoms in total. The Morgan fingerprint density at radius 3 is 2.60 bits per heavy atom. The van der Waals surface area contributed by atoms with Crippen molar-refractivity contribution in [2.24, 2.45) is 5.73 Å². The molecule has 0 aliphatic carbocycles.